The van der Waals surface area contributed by atoms with Crippen LogP contribution in [0.4, 0.5) is 0 Å². The Morgan fingerprint density at radius 3 is 1.89 bits per heavy atom. The lowest BCUT2D eigenvalue weighted by Gasteiger charge is -2.72. The molecule has 0 aromatic rings. The number of hydrogen-bond donors (Lipinski definition) is 12. The topological polar surface area (TPSA) is 298 Å². The van der Waals surface area contributed by atoms with Crippen molar-refractivity contribution in [2.75, 3.05) is 13.2 Å². The molecular formula is C48H82O18. The van der Waals surface area contributed by atoms with Crippen LogP contribution in [-0.2, 0) is 28.4 Å². The molecule has 18 heteroatoms. The van der Waals surface area contributed by atoms with Gasteiger partial charge in [-0.2, -0.15) is 0 Å². The molecule has 0 spiro atoms. The van der Waals surface area contributed by atoms with E-state index < -0.39 is 151 Å². The fraction of sp³-hybridized carbons (Fsp3) is 0.958. The predicted octanol–water partition coefficient (Wildman–Crippen LogP) is -0.0284. The van der Waals surface area contributed by atoms with Crippen LogP contribution in [0.15, 0.2) is 11.6 Å². The van der Waals surface area contributed by atoms with Gasteiger partial charge in [-0.15, -0.1) is 0 Å². The second kappa shape index (κ2) is 19.2. The van der Waals surface area contributed by atoms with Crippen LogP contribution >= 0.6 is 0 Å². The van der Waals surface area contributed by atoms with Gasteiger partial charge in [0.05, 0.1) is 43.2 Å². The summed E-state index contributed by atoms with van der Waals surface area (Å²) in [6, 6.07) is 0. The summed E-state index contributed by atoms with van der Waals surface area (Å²) < 4.78 is 38.1. The van der Waals surface area contributed by atoms with Gasteiger partial charge in [0.2, 0.25) is 0 Å². The van der Waals surface area contributed by atoms with Gasteiger partial charge in [-0.25, -0.2) is 0 Å². The summed E-state index contributed by atoms with van der Waals surface area (Å²) in [5, 5.41) is 132. The van der Waals surface area contributed by atoms with Crippen molar-refractivity contribution in [1.29, 1.82) is 0 Å². The molecule has 0 bridgehead atoms. The first-order chi connectivity index (χ1) is 30.7. The number of aliphatic hydroxyl groups excluding tert-OH is 12. The molecule has 4 aliphatic carbocycles. The fourth-order valence-corrected chi connectivity index (χ4v) is 14.9. The smallest absolute Gasteiger partial charge is 0.187 e. The molecule has 3 saturated heterocycles. The van der Waals surface area contributed by atoms with Crippen LogP contribution in [0.5, 0.6) is 0 Å². The predicted molar refractivity (Wildman–Crippen MR) is 234 cm³/mol. The number of rotatable bonds is 12. The minimum Gasteiger partial charge on any atom is -0.394 e. The van der Waals surface area contributed by atoms with Gasteiger partial charge in [0, 0.05) is 0 Å². The summed E-state index contributed by atoms with van der Waals surface area (Å²) in [6.45, 7) is 16.8. The summed E-state index contributed by atoms with van der Waals surface area (Å²) in [7, 11) is 0. The monoisotopic (exact) mass is 947 g/mol. The van der Waals surface area contributed by atoms with E-state index >= 15 is 0 Å². The van der Waals surface area contributed by atoms with E-state index in [0.29, 0.717) is 51.4 Å². The average molecular weight is 947 g/mol. The molecule has 18 nitrogen and oxygen atoms in total. The highest BCUT2D eigenvalue weighted by atomic mass is 16.8. The van der Waals surface area contributed by atoms with Crippen LogP contribution in [0.3, 0.4) is 0 Å². The summed E-state index contributed by atoms with van der Waals surface area (Å²) in [5.74, 6) is -1.12. The van der Waals surface area contributed by atoms with Crippen molar-refractivity contribution in [3.63, 3.8) is 0 Å². The van der Waals surface area contributed by atoms with E-state index in [2.05, 4.69) is 26.8 Å². The van der Waals surface area contributed by atoms with Crippen molar-refractivity contribution in [3.8, 4) is 0 Å². The molecule has 3 heterocycles. The largest absolute Gasteiger partial charge is 0.394 e. The van der Waals surface area contributed by atoms with Crippen molar-refractivity contribution in [2.45, 2.75) is 230 Å². The zero-order valence-corrected chi connectivity index (χ0v) is 40.2. The Morgan fingerprint density at radius 2 is 1.27 bits per heavy atom. The molecule has 382 valence electrons. The van der Waals surface area contributed by atoms with Gasteiger partial charge < -0.3 is 89.7 Å². The third-order valence-corrected chi connectivity index (χ3v) is 18.7. The third kappa shape index (κ3) is 8.69. The van der Waals surface area contributed by atoms with Crippen molar-refractivity contribution in [2.24, 2.45) is 45.3 Å². The molecule has 0 aromatic carbocycles. The molecule has 0 amide bonds. The zero-order chi connectivity index (χ0) is 48.8. The summed E-state index contributed by atoms with van der Waals surface area (Å²) in [4.78, 5) is 0. The normalized spacial score (nSPS) is 53.5. The lowest BCUT2D eigenvalue weighted by molar-refractivity contribution is -0.382. The molecule has 0 aromatic heterocycles. The fourth-order valence-electron chi connectivity index (χ4n) is 14.9. The Bertz CT molecular complexity index is 1700. The van der Waals surface area contributed by atoms with E-state index in [1.54, 1.807) is 0 Å². The highest BCUT2D eigenvalue weighted by Crippen LogP contribution is 2.76. The molecule has 26 atom stereocenters. The molecule has 7 aliphatic rings. The summed E-state index contributed by atoms with van der Waals surface area (Å²) >= 11 is 0. The minimum absolute atomic E-state index is 0.0861. The van der Waals surface area contributed by atoms with Gasteiger partial charge >= 0.3 is 0 Å². The van der Waals surface area contributed by atoms with E-state index in [1.165, 1.54) is 6.92 Å². The molecule has 3 aliphatic heterocycles. The Hall–Kier alpha value is -0.980. The van der Waals surface area contributed by atoms with Crippen LogP contribution < -0.4 is 0 Å². The Balaban J connectivity index is 1.27. The standard InChI is InChI=1S/C48H82O18/c1-21(2)11-10-14-48(9,66-42-38(60)35(57)32(54)26(19-49)63-42)23-12-16-46(7)30(23)24(51)17-28-45(6)15-13-29(52)44(4,5)40(45)25(18-47(28,46)8)62-43-39(36(58)33(55)27(20-50)64-43)65-41-37(59)34(56)31(53)22(3)61-41/h11,22-43,49-60H,10,12-20H2,1-9H3. The molecule has 7 rings (SSSR count). The van der Waals surface area contributed by atoms with Gasteiger partial charge in [-0.05, 0) is 124 Å². The molecule has 12 N–H and O–H groups in total. The van der Waals surface area contributed by atoms with E-state index in [0.717, 1.165) is 5.57 Å². The van der Waals surface area contributed by atoms with Gasteiger partial charge in [-0.3, -0.25) is 0 Å². The van der Waals surface area contributed by atoms with Crippen LogP contribution in [-0.4, -0.2) is 191 Å². The third-order valence-electron chi connectivity index (χ3n) is 18.7. The molecule has 26 unspecified atom stereocenters. The highest BCUT2D eigenvalue weighted by Gasteiger charge is 2.74. The first-order valence-electron chi connectivity index (χ1n) is 24.3. The van der Waals surface area contributed by atoms with Gasteiger partial charge in [-0.1, -0.05) is 46.3 Å². The molecule has 4 saturated carbocycles. The lowest BCUT2D eigenvalue weighted by atomic mass is 9.34. The first kappa shape index (κ1) is 52.8. The van der Waals surface area contributed by atoms with E-state index in [1.807, 2.05) is 34.6 Å². The van der Waals surface area contributed by atoms with Crippen LogP contribution in [0.1, 0.15) is 114 Å². The van der Waals surface area contributed by atoms with Crippen molar-refractivity contribution in [3.05, 3.63) is 11.6 Å². The van der Waals surface area contributed by atoms with Crippen molar-refractivity contribution >= 4 is 0 Å². The quantitative estimate of drug-likeness (QED) is 0.0904. The summed E-state index contributed by atoms with van der Waals surface area (Å²) in [6.07, 6.45) is -18.3. The van der Waals surface area contributed by atoms with Crippen LogP contribution in [0.25, 0.3) is 0 Å². The molecule has 7 fully saturated rings. The van der Waals surface area contributed by atoms with E-state index in [-0.39, 0.29) is 23.7 Å². The van der Waals surface area contributed by atoms with Crippen molar-refractivity contribution in [1.82, 2.24) is 0 Å². The Kier molecular flexibility index (Phi) is 15.4. The van der Waals surface area contributed by atoms with Crippen LogP contribution in [0, 0.1) is 45.3 Å². The number of ether oxygens (including phenoxy) is 6. The molecule has 0 radical (unpaired) electrons. The zero-order valence-electron chi connectivity index (χ0n) is 40.2. The van der Waals surface area contributed by atoms with Crippen molar-refractivity contribution < 1.29 is 89.7 Å². The maximum absolute atomic E-state index is 12.7. The number of aliphatic hydroxyl groups is 12. The second-order valence-electron chi connectivity index (χ2n) is 23.0. The van der Waals surface area contributed by atoms with Gasteiger partial charge in [0.15, 0.2) is 18.9 Å². The van der Waals surface area contributed by atoms with Gasteiger partial charge in [0.25, 0.3) is 0 Å². The van der Waals surface area contributed by atoms with E-state index in [9.17, 15) is 61.3 Å². The first-order valence-corrected chi connectivity index (χ1v) is 24.3. The molecular weight excluding hydrogens is 865 g/mol. The average Bonchev–Trinajstić information content (AvgIpc) is 3.64. The maximum atomic E-state index is 12.7. The Labute approximate surface area is 388 Å². The number of fused-ring (bicyclic) bond motifs is 5. The molecule has 66 heavy (non-hydrogen) atoms. The van der Waals surface area contributed by atoms with Gasteiger partial charge in [0.1, 0.15) is 67.1 Å². The number of allylic oxidation sites excluding steroid dienone is 2. The Morgan fingerprint density at radius 1 is 0.682 bits per heavy atom. The SMILES string of the molecule is CC(C)=CCCC(C)(OC1OC(CO)C(O)C(O)C1O)C1CCC2(C)C1C(O)CC1C3(C)CCC(O)C(C)(C)C3C(OC3OC(CO)C(O)C(O)C3OC3OC(C)C(O)C(O)C3O)CC12C. The summed E-state index contributed by atoms with van der Waals surface area (Å²) in [5.41, 5.74) is -2.43. The maximum Gasteiger partial charge on any atom is 0.187 e. The lowest BCUT2D eigenvalue weighted by Crippen LogP contribution is -2.71. The minimum atomic E-state index is -1.75. The van der Waals surface area contributed by atoms with E-state index in [4.69, 9.17) is 28.4 Å². The second-order valence-corrected chi connectivity index (χ2v) is 23.0. The van der Waals surface area contributed by atoms with Crippen LogP contribution in [0.2, 0.25) is 0 Å². The number of hydrogen-bond acceptors (Lipinski definition) is 18. The highest BCUT2D eigenvalue weighted by molar-refractivity contribution is 5.22.